The minimum Gasteiger partial charge on any atom is -0.473 e. The Balaban J connectivity index is 1.46. The molecule has 1 saturated heterocycles. The van der Waals surface area contributed by atoms with E-state index in [-0.39, 0.29) is 24.0 Å². The van der Waals surface area contributed by atoms with Gasteiger partial charge in [0.15, 0.2) is 18.3 Å². The van der Waals surface area contributed by atoms with E-state index in [4.69, 9.17) is 41.9 Å². The normalized spacial score (nSPS) is 20.5. The van der Waals surface area contributed by atoms with Crippen LogP contribution in [-0.2, 0) is 22.3 Å². The molecule has 2 aliphatic rings. The van der Waals surface area contributed by atoms with Crippen molar-refractivity contribution in [3.05, 3.63) is 63.0 Å². The van der Waals surface area contributed by atoms with Gasteiger partial charge in [0.2, 0.25) is 5.88 Å². The van der Waals surface area contributed by atoms with E-state index >= 15 is 0 Å². The molecular weight excluding hydrogens is 484 g/mol. The van der Waals surface area contributed by atoms with Gasteiger partial charge < -0.3 is 18.7 Å². The van der Waals surface area contributed by atoms with Gasteiger partial charge in [-0.2, -0.15) is 13.2 Å². The fourth-order valence-corrected chi connectivity index (χ4v) is 4.23. The molecule has 0 spiro atoms. The molecule has 0 bridgehead atoms. The molecule has 0 atom stereocenters. The number of hydrogen-bond donors (Lipinski definition) is 0. The fraction of sp³-hybridized carbons (Fsp3) is 0.364. The Morgan fingerprint density at radius 2 is 1.79 bits per heavy atom. The van der Waals surface area contributed by atoms with Crippen LogP contribution in [0.5, 0.6) is 5.88 Å². The van der Waals surface area contributed by atoms with Gasteiger partial charge in [0.05, 0.1) is 15.6 Å². The molecule has 0 N–H and O–H groups in total. The molecule has 0 unspecified atom stereocenters. The van der Waals surface area contributed by atoms with Gasteiger partial charge >= 0.3 is 6.18 Å². The first-order chi connectivity index (χ1) is 15.7. The van der Waals surface area contributed by atoms with Crippen molar-refractivity contribution in [1.82, 2.24) is 10.1 Å². The second-order valence-corrected chi connectivity index (χ2v) is 8.60. The largest absolute Gasteiger partial charge is 0.473 e. The number of halogens is 5. The first-order valence-electron chi connectivity index (χ1n) is 10.2. The molecule has 5 rings (SSSR count). The van der Waals surface area contributed by atoms with Crippen molar-refractivity contribution in [1.29, 1.82) is 0 Å². The Bertz CT molecular complexity index is 1170. The number of benzene rings is 1. The maximum absolute atomic E-state index is 13.6. The van der Waals surface area contributed by atoms with Crippen molar-refractivity contribution in [3.8, 4) is 17.1 Å². The van der Waals surface area contributed by atoms with Crippen LogP contribution in [0.2, 0.25) is 10.0 Å². The topological polar surface area (TPSA) is 66.6 Å². The summed E-state index contributed by atoms with van der Waals surface area (Å²) in [4.78, 5) is 3.69. The first kappa shape index (κ1) is 22.5. The van der Waals surface area contributed by atoms with Crippen LogP contribution in [0, 0.1) is 0 Å². The van der Waals surface area contributed by atoms with Crippen molar-refractivity contribution in [2.45, 2.75) is 51.0 Å². The van der Waals surface area contributed by atoms with Crippen LogP contribution < -0.4 is 4.74 Å². The van der Waals surface area contributed by atoms with Gasteiger partial charge in [-0.3, -0.25) is 0 Å². The number of pyridine rings is 1. The van der Waals surface area contributed by atoms with E-state index in [0.717, 1.165) is 12.8 Å². The van der Waals surface area contributed by atoms with Crippen LogP contribution in [0.1, 0.15) is 54.6 Å². The van der Waals surface area contributed by atoms with E-state index in [2.05, 4.69) is 10.1 Å². The van der Waals surface area contributed by atoms with Gasteiger partial charge in [0.1, 0.15) is 18.1 Å². The van der Waals surface area contributed by atoms with Gasteiger partial charge in [-0.25, -0.2) is 4.98 Å². The number of alkyl halides is 3. The quantitative estimate of drug-likeness (QED) is 0.366. The summed E-state index contributed by atoms with van der Waals surface area (Å²) in [6.07, 6.45) is -4.57. The maximum Gasteiger partial charge on any atom is 0.433 e. The number of nitrogens with zero attached hydrogens (tertiary/aromatic N) is 2. The van der Waals surface area contributed by atoms with Crippen LogP contribution >= 0.6 is 23.2 Å². The molecule has 174 valence electrons. The van der Waals surface area contributed by atoms with E-state index in [9.17, 15) is 13.2 Å². The Morgan fingerprint density at radius 3 is 2.39 bits per heavy atom. The molecule has 0 radical (unpaired) electrons. The van der Waals surface area contributed by atoms with Crippen LogP contribution in [0.25, 0.3) is 11.3 Å². The van der Waals surface area contributed by atoms with E-state index in [0.29, 0.717) is 32.6 Å². The molecule has 1 aliphatic heterocycles. The summed E-state index contributed by atoms with van der Waals surface area (Å²) in [7, 11) is 0. The smallest absolute Gasteiger partial charge is 0.433 e. The van der Waals surface area contributed by atoms with Crippen molar-refractivity contribution >= 4 is 23.2 Å². The summed E-state index contributed by atoms with van der Waals surface area (Å²) in [5, 5.41) is 4.89. The lowest BCUT2D eigenvalue weighted by Crippen LogP contribution is -2.33. The van der Waals surface area contributed by atoms with Crippen molar-refractivity contribution < 1.29 is 31.9 Å². The van der Waals surface area contributed by atoms with Crippen LogP contribution in [-0.4, -0.2) is 16.4 Å². The Labute approximate surface area is 196 Å². The first-order valence-corrected chi connectivity index (χ1v) is 10.9. The van der Waals surface area contributed by atoms with E-state index in [1.165, 1.54) is 12.1 Å². The predicted octanol–water partition coefficient (Wildman–Crippen LogP) is 6.91. The van der Waals surface area contributed by atoms with Crippen molar-refractivity contribution in [3.63, 3.8) is 0 Å². The zero-order valence-corrected chi connectivity index (χ0v) is 18.7. The lowest BCUT2D eigenvalue weighted by molar-refractivity contribution is -0.383. The van der Waals surface area contributed by atoms with Gasteiger partial charge in [-0.15, -0.1) is 0 Å². The monoisotopic (exact) mass is 500 g/mol. The Kier molecular flexibility index (Phi) is 5.76. The fourth-order valence-electron chi connectivity index (χ4n) is 3.65. The summed E-state index contributed by atoms with van der Waals surface area (Å²) >= 11 is 12.7. The zero-order chi connectivity index (χ0) is 23.3. The van der Waals surface area contributed by atoms with Crippen LogP contribution in [0.4, 0.5) is 13.2 Å². The van der Waals surface area contributed by atoms with Crippen molar-refractivity contribution in [2.24, 2.45) is 0 Å². The molecule has 0 amide bonds. The van der Waals surface area contributed by atoms with E-state index < -0.39 is 24.5 Å². The molecule has 2 fully saturated rings. The highest BCUT2D eigenvalue weighted by molar-refractivity contribution is 6.39. The molecule has 33 heavy (non-hydrogen) atoms. The van der Waals surface area contributed by atoms with E-state index in [1.54, 1.807) is 25.1 Å². The van der Waals surface area contributed by atoms with Gasteiger partial charge in [-0.1, -0.05) is 34.4 Å². The lowest BCUT2D eigenvalue weighted by atomic mass is 10.0. The third-order valence-electron chi connectivity index (χ3n) is 5.38. The lowest BCUT2D eigenvalue weighted by Gasteiger charge is -2.34. The molecule has 1 aliphatic carbocycles. The number of aromatic nitrogens is 2. The molecule has 2 aromatic heterocycles. The molecule has 3 aromatic rings. The third kappa shape index (κ3) is 4.42. The summed E-state index contributed by atoms with van der Waals surface area (Å²) < 4.78 is 62.5. The standard InChI is InChI=1S/C22H17Cl2F3N2O4/c1-10-31-21(32-10)12-7-8-16(28-20(12)22(25,26)27)30-9-13-18(29-33-19(13)11-5-6-11)17-14(23)3-2-4-15(17)24/h2-4,7-8,10-11,21H,5-6,9H2,1H3. The SMILES string of the molecule is CC1OC(c2ccc(OCc3c(-c4c(Cl)cccc4Cl)noc3C3CC3)nc2C(F)(F)F)O1. The average Bonchev–Trinajstić information content (AvgIpc) is 3.50. The second-order valence-electron chi connectivity index (χ2n) is 7.79. The highest BCUT2D eigenvalue weighted by Gasteiger charge is 2.42. The number of ether oxygens (including phenoxy) is 3. The third-order valence-corrected chi connectivity index (χ3v) is 6.01. The summed E-state index contributed by atoms with van der Waals surface area (Å²) in [6.45, 7) is 1.47. The minimum atomic E-state index is -4.72. The van der Waals surface area contributed by atoms with Crippen LogP contribution in [0.15, 0.2) is 34.9 Å². The second kappa shape index (κ2) is 8.47. The maximum atomic E-state index is 13.6. The van der Waals surface area contributed by atoms with Gasteiger partial charge in [0, 0.05) is 23.1 Å². The highest BCUT2D eigenvalue weighted by atomic mass is 35.5. The zero-order valence-electron chi connectivity index (χ0n) is 17.2. The molecule has 11 heteroatoms. The van der Waals surface area contributed by atoms with E-state index in [1.807, 2.05) is 0 Å². The van der Waals surface area contributed by atoms with Gasteiger partial charge in [0.25, 0.3) is 0 Å². The molecular formula is C22H17Cl2F3N2O4. The number of hydrogen-bond acceptors (Lipinski definition) is 6. The molecule has 1 saturated carbocycles. The molecule has 1 aromatic carbocycles. The highest BCUT2D eigenvalue weighted by Crippen LogP contribution is 2.46. The predicted molar refractivity (Wildman–Crippen MR) is 112 cm³/mol. The Morgan fingerprint density at radius 1 is 1.09 bits per heavy atom. The molecule has 3 heterocycles. The number of rotatable bonds is 6. The summed E-state index contributed by atoms with van der Waals surface area (Å²) in [6, 6.07) is 7.61. The minimum absolute atomic E-state index is 0.122. The Hall–Kier alpha value is -2.33. The van der Waals surface area contributed by atoms with Crippen molar-refractivity contribution in [2.75, 3.05) is 0 Å². The average molecular weight is 501 g/mol. The summed E-state index contributed by atoms with van der Waals surface area (Å²) in [5.74, 6) is 0.568. The summed E-state index contributed by atoms with van der Waals surface area (Å²) in [5.41, 5.74) is 0.110. The van der Waals surface area contributed by atoms with Gasteiger partial charge in [-0.05, 0) is 38.0 Å². The molecule has 6 nitrogen and oxygen atoms in total. The van der Waals surface area contributed by atoms with Crippen LogP contribution in [0.3, 0.4) is 0 Å².